The first-order chi connectivity index (χ1) is 16.3. The van der Waals surface area contributed by atoms with Crippen LogP contribution in [-0.4, -0.2) is 89.0 Å². The fourth-order valence-electron chi connectivity index (χ4n) is 3.13. The van der Waals surface area contributed by atoms with Gasteiger partial charge in [0.25, 0.3) is 11.8 Å². The van der Waals surface area contributed by atoms with E-state index in [0.29, 0.717) is 11.3 Å². The molecule has 0 radical (unpaired) electrons. The van der Waals surface area contributed by atoms with Crippen molar-refractivity contribution in [1.29, 1.82) is 0 Å². The molecule has 4 N–H and O–H groups in total. The summed E-state index contributed by atoms with van der Waals surface area (Å²) in [5, 5.41) is 15.7. The molecule has 3 heterocycles. The molecule has 14 nitrogen and oxygen atoms in total. The number of anilines is 1. The Hall–Kier alpha value is -3.37. The van der Waals surface area contributed by atoms with Crippen molar-refractivity contribution in [2.45, 2.75) is 18.3 Å². The molecule has 184 valence electrons. The summed E-state index contributed by atoms with van der Waals surface area (Å²) in [6.07, 6.45) is -1.01. The van der Waals surface area contributed by atoms with Gasteiger partial charge in [0.2, 0.25) is 6.79 Å². The van der Waals surface area contributed by atoms with Gasteiger partial charge in [0.05, 0.1) is 13.2 Å². The second kappa shape index (κ2) is 11.2. The van der Waals surface area contributed by atoms with E-state index in [1.54, 1.807) is 6.92 Å². The van der Waals surface area contributed by atoms with Crippen LogP contribution in [0.5, 0.6) is 0 Å². The highest BCUT2D eigenvalue weighted by molar-refractivity contribution is 8.00. The Morgan fingerprint density at radius 2 is 2.12 bits per heavy atom. The van der Waals surface area contributed by atoms with Gasteiger partial charge in [-0.15, -0.1) is 23.1 Å². The number of oxime groups is 1. The first-order valence-corrected chi connectivity index (χ1v) is 11.6. The van der Waals surface area contributed by atoms with Crippen LogP contribution >= 0.6 is 23.1 Å². The maximum Gasteiger partial charge on any atom is 0.511 e. The van der Waals surface area contributed by atoms with Gasteiger partial charge in [0, 0.05) is 18.2 Å². The molecule has 0 spiro atoms. The number of rotatable bonds is 9. The van der Waals surface area contributed by atoms with Crippen molar-refractivity contribution in [2.75, 3.05) is 38.6 Å². The van der Waals surface area contributed by atoms with Gasteiger partial charge in [-0.1, -0.05) is 5.16 Å². The third-order valence-corrected chi connectivity index (χ3v) is 6.57. The quantitative estimate of drug-likeness (QED) is 0.0987. The Morgan fingerprint density at radius 1 is 1.35 bits per heavy atom. The zero-order valence-electron chi connectivity index (χ0n) is 18.0. The van der Waals surface area contributed by atoms with Gasteiger partial charge >= 0.3 is 12.1 Å². The van der Waals surface area contributed by atoms with Gasteiger partial charge in [-0.3, -0.25) is 14.5 Å². The van der Waals surface area contributed by atoms with Gasteiger partial charge in [-0.05, 0) is 12.5 Å². The van der Waals surface area contributed by atoms with Crippen molar-refractivity contribution < 1.29 is 43.3 Å². The Morgan fingerprint density at radius 3 is 2.74 bits per heavy atom. The molecule has 16 heteroatoms. The van der Waals surface area contributed by atoms with Crippen molar-refractivity contribution >= 4 is 57.9 Å². The summed E-state index contributed by atoms with van der Waals surface area (Å²) in [4.78, 5) is 54.5. The predicted octanol–water partition coefficient (Wildman–Crippen LogP) is -0.122. The monoisotopic (exact) mass is 515 g/mol. The van der Waals surface area contributed by atoms with E-state index in [4.69, 9.17) is 15.2 Å². The number of esters is 1. The number of hydrogen-bond donors (Lipinski definition) is 3. The average molecular weight is 516 g/mol. The highest BCUT2D eigenvalue weighted by Gasteiger charge is 2.54. The molecular formula is C18H21N5O9S2. The number of thiazole rings is 1. The summed E-state index contributed by atoms with van der Waals surface area (Å²) in [5.41, 5.74) is 5.62. The Balaban J connectivity index is 1.70. The van der Waals surface area contributed by atoms with E-state index in [-0.39, 0.29) is 29.7 Å². The molecule has 1 fully saturated rings. The number of nitrogens with zero attached hydrogens (tertiary/aromatic N) is 3. The minimum Gasteiger partial charge on any atom is -0.435 e. The van der Waals surface area contributed by atoms with Crippen LogP contribution in [0, 0.1) is 0 Å². The smallest absolute Gasteiger partial charge is 0.435 e. The highest BCUT2D eigenvalue weighted by Crippen LogP contribution is 2.40. The molecule has 1 unspecified atom stereocenters. The van der Waals surface area contributed by atoms with Crippen LogP contribution in [0.25, 0.3) is 0 Å². The number of carbonyl (C=O) groups excluding carboxylic acids is 4. The summed E-state index contributed by atoms with van der Waals surface area (Å²) in [6, 6.07) is -1.01. The van der Waals surface area contributed by atoms with Crippen molar-refractivity contribution in [2.24, 2.45) is 5.16 Å². The van der Waals surface area contributed by atoms with E-state index >= 15 is 0 Å². The van der Waals surface area contributed by atoms with Crippen LogP contribution in [0.3, 0.4) is 0 Å². The van der Waals surface area contributed by atoms with E-state index in [9.17, 15) is 24.4 Å². The van der Waals surface area contributed by atoms with Crippen LogP contribution in [0.1, 0.15) is 12.6 Å². The summed E-state index contributed by atoms with van der Waals surface area (Å²) in [6.45, 7) is 1.01. The summed E-state index contributed by atoms with van der Waals surface area (Å²) in [7, 11) is 1.43. The molecule has 34 heavy (non-hydrogen) atoms. The number of nitrogen functional groups attached to an aromatic ring is 1. The maximum atomic E-state index is 12.9. The number of amides is 2. The molecule has 2 amide bonds. The Labute approximate surface area is 201 Å². The molecule has 1 saturated heterocycles. The molecule has 0 bridgehead atoms. The van der Waals surface area contributed by atoms with Crippen LogP contribution in [0.2, 0.25) is 0 Å². The molecule has 2 atom stereocenters. The normalized spacial score (nSPS) is 19.8. The van der Waals surface area contributed by atoms with E-state index in [1.165, 1.54) is 29.2 Å². The number of β-lactam (4-membered cyclic amide) rings is 1. The topological polar surface area (TPSA) is 192 Å². The number of carbonyl (C=O) groups is 4. The zero-order valence-corrected chi connectivity index (χ0v) is 19.6. The number of fused-ring (bicyclic) bond motifs is 1. The number of ether oxygens (including phenoxy) is 4. The lowest BCUT2D eigenvalue weighted by Crippen LogP contribution is -2.71. The number of nitrogens with one attached hydrogen (secondary N) is 1. The summed E-state index contributed by atoms with van der Waals surface area (Å²) in [5.74, 6) is -2.03. The summed E-state index contributed by atoms with van der Waals surface area (Å²) >= 11 is 2.34. The van der Waals surface area contributed by atoms with E-state index in [1.807, 2.05) is 0 Å². The lowest BCUT2D eigenvalue weighted by Gasteiger charge is -2.49. The first kappa shape index (κ1) is 25.3. The van der Waals surface area contributed by atoms with Gasteiger partial charge < -0.3 is 35.2 Å². The van der Waals surface area contributed by atoms with Crippen LogP contribution < -0.4 is 11.1 Å². The molecule has 1 aromatic heterocycles. The number of aromatic nitrogens is 1. The summed E-state index contributed by atoms with van der Waals surface area (Å²) < 4.78 is 19.3. The Bertz CT molecular complexity index is 1040. The second-order valence-corrected chi connectivity index (χ2v) is 8.64. The average Bonchev–Trinajstić information content (AvgIpc) is 3.23. The largest absolute Gasteiger partial charge is 0.511 e. The minimum absolute atomic E-state index is 0.0515. The number of hydrogen-bond acceptors (Lipinski definition) is 14. The van der Waals surface area contributed by atoms with Crippen molar-refractivity contribution in [3.63, 3.8) is 0 Å². The Kier molecular flexibility index (Phi) is 8.30. The van der Waals surface area contributed by atoms with Crippen molar-refractivity contribution in [3.05, 3.63) is 22.3 Å². The van der Waals surface area contributed by atoms with Crippen LogP contribution in [0.4, 0.5) is 9.93 Å². The van der Waals surface area contributed by atoms with Gasteiger partial charge in [-0.2, -0.15) is 0 Å². The van der Waals surface area contributed by atoms with Crippen molar-refractivity contribution in [1.82, 2.24) is 15.2 Å². The van der Waals surface area contributed by atoms with Crippen LogP contribution in [0.15, 0.2) is 21.8 Å². The molecule has 0 aliphatic carbocycles. The van der Waals surface area contributed by atoms with Gasteiger partial charge in [-0.25, -0.2) is 14.6 Å². The van der Waals surface area contributed by atoms with E-state index in [0.717, 1.165) is 11.3 Å². The molecule has 2 aliphatic heterocycles. The van der Waals surface area contributed by atoms with Crippen molar-refractivity contribution in [3.8, 4) is 0 Å². The molecule has 1 aromatic rings. The van der Waals surface area contributed by atoms with Gasteiger partial charge in [0.15, 0.2) is 10.8 Å². The molecule has 3 rings (SSSR count). The lowest BCUT2D eigenvalue weighted by atomic mass is 10.0. The zero-order chi connectivity index (χ0) is 24.8. The second-order valence-electron chi connectivity index (χ2n) is 6.64. The number of nitrogens with two attached hydrogens (primary N) is 1. The highest BCUT2D eigenvalue weighted by atomic mass is 32.2. The fraction of sp³-hybridized carbons (Fsp3) is 0.444. The molecular weight excluding hydrogens is 494 g/mol. The fourth-order valence-corrected chi connectivity index (χ4v) is 5.01. The minimum atomic E-state index is -1.01. The third-order valence-electron chi connectivity index (χ3n) is 4.55. The molecule has 0 aromatic carbocycles. The SMILES string of the molecule is CCOC(=O)OCOC(=O)C1=C(COC)CS[C@H]2C(NC(=O)C(=NO)c3csc(N)n3)C(=O)N12. The van der Waals surface area contributed by atoms with E-state index in [2.05, 4.69) is 24.9 Å². The van der Waals surface area contributed by atoms with Crippen LogP contribution in [-0.2, 0) is 33.3 Å². The predicted molar refractivity (Wildman–Crippen MR) is 118 cm³/mol. The van der Waals surface area contributed by atoms with E-state index < -0.39 is 47.9 Å². The maximum absolute atomic E-state index is 12.9. The molecule has 2 aliphatic rings. The number of methoxy groups -OCH3 is 1. The third kappa shape index (κ3) is 5.23. The standard InChI is InChI=1S/C18H21N5O9S2/c1-3-30-18(27)32-7-31-16(26)12-8(4-29-2)5-33-15-11(14(25)23(12)15)21-13(24)10(22-28)9-6-34-17(19)20-9/h6,11,15,28H,3-5,7H2,1-2H3,(H2,19,20)(H,21,24)/t11?,15-/m0/s1. The van der Waals surface area contributed by atoms with Gasteiger partial charge in [0.1, 0.15) is 22.8 Å². The number of thioether (sulfide) groups is 1. The molecule has 0 saturated carbocycles. The lowest BCUT2D eigenvalue weighted by molar-refractivity contribution is -0.157. The first-order valence-electron chi connectivity index (χ1n) is 9.68.